The number of alkyl halides is 6. The number of benzene rings is 2. The van der Waals surface area contributed by atoms with Crippen molar-refractivity contribution in [2.24, 2.45) is 0 Å². The Morgan fingerprint density at radius 2 is 1.55 bits per heavy atom. The van der Waals surface area contributed by atoms with Crippen LogP contribution in [0.25, 0.3) is 16.9 Å². The number of rotatable bonds is 10. The standard InChI is InChI=1S/C26H18AsF6N4O5/c1-41-21-11-10-20(35-36-21)37-22(25(28,29)30)18(13-34-37)23(38)27-19(24(39)40)12-14-2-4-15(5-3-14)16-6-8-17(9-7-16)42-26(31,32)33/h2-11,13,19H,12H2,1H3,(H,39,40)/t19-/m0/s1. The van der Waals surface area contributed by atoms with Gasteiger partial charge in [-0.2, -0.15) is 0 Å². The first-order valence-electron chi connectivity index (χ1n) is 11.7. The Kier molecular flexibility index (Phi) is 8.90. The number of hydrogen-bond donors (Lipinski definition) is 1. The van der Waals surface area contributed by atoms with Crippen molar-refractivity contribution in [2.75, 3.05) is 7.11 Å². The average Bonchev–Trinajstić information content (AvgIpc) is 3.39. The number of carboxylic acids is 1. The van der Waals surface area contributed by atoms with E-state index in [-0.39, 0.29) is 18.1 Å². The summed E-state index contributed by atoms with van der Waals surface area (Å²) < 4.78 is 85.9. The van der Waals surface area contributed by atoms with E-state index < -0.39 is 60.5 Å². The molecular weight excluding hydrogens is 637 g/mol. The number of ether oxygens (including phenoxy) is 2. The van der Waals surface area contributed by atoms with Crippen LogP contribution in [0, 0.1) is 0 Å². The Morgan fingerprint density at radius 3 is 2.05 bits per heavy atom. The van der Waals surface area contributed by atoms with Crippen LogP contribution in [0.3, 0.4) is 0 Å². The predicted molar refractivity (Wildman–Crippen MR) is 134 cm³/mol. The van der Waals surface area contributed by atoms with E-state index in [1.807, 2.05) is 0 Å². The average molecular weight is 655 g/mol. The second-order valence-corrected chi connectivity index (χ2v) is 11.2. The molecule has 2 heterocycles. The number of aliphatic carboxylic acids is 1. The van der Waals surface area contributed by atoms with E-state index in [9.17, 15) is 41.0 Å². The molecule has 0 aliphatic heterocycles. The quantitative estimate of drug-likeness (QED) is 0.183. The second kappa shape index (κ2) is 12.2. The maximum absolute atomic E-state index is 14.0. The van der Waals surface area contributed by atoms with Crippen LogP contribution in [-0.4, -0.2) is 64.8 Å². The first kappa shape index (κ1) is 30.6. The molecule has 0 unspecified atom stereocenters. The number of halogens is 6. The zero-order valence-electron chi connectivity index (χ0n) is 21.2. The van der Waals surface area contributed by atoms with Gasteiger partial charge in [-0.3, -0.25) is 0 Å². The summed E-state index contributed by atoms with van der Waals surface area (Å²) in [5.41, 5.74) is -0.517. The Bertz CT molecular complexity index is 1560. The number of aromatic nitrogens is 4. The zero-order chi connectivity index (χ0) is 30.7. The second-order valence-electron chi connectivity index (χ2n) is 8.51. The molecule has 0 bridgehead atoms. The van der Waals surface area contributed by atoms with Gasteiger partial charge in [0.2, 0.25) is 0 Å². The molecule has 9 nitrogen and oxygen atoms in total. The molecule has 4 rings (SSSR count). The summed E-state index contributed by atoms with van der Waals surface area (Å²) >= 11 is -1.82. The summed E-state index contributed by atoms with van der Waals surface area (Å²) in [6, 6.07) is 13.9. The number of carboxylic acid groups (broad SMARTS) is 1. The van der Waals surface area contributed by atoms with E-state index >= 15 is 0 Å². The van der Waals surface area contributed by atoms with Crippen molar-refractivity contribution < 1.29 is 50.5 Å². The molecule has 0 fully saturated rings. The van der Waals surface area contributed by atoms with Crippen LogP contribution in [-0.2, 0) is 17.4 Å². The molecule has 0 spiro atoms. The van der Waals surface area contributed by atoms with Gasteiger partial charge in [-0.15, -0.1) is 13.2 Å². The summed E-state index contributed by atoms with van der Waals surface area (Å²) in [5, 5.41) is 20.6. The molecule has 42 heavy (non-hydrogen) atoms. The molecule has 1 radical (unpaired) electrons. The van der Waals surface area contributed by atoms with Crippen molar-refractivity contribution >= 4 is 26.3 Å². The van der Waals surface area contributed by atoms with Crippen LogP contribution >= 0.6 is 0 Å². The summed E-state index contributed by atoms with van der Waals surface area (Å²) in [4.78, 5) is 25.0. The molecule has 0 aliphatic rings. The van der Waals surface area contributed by atoms with E-state index in [2.05, 4.69) is 20.0 Å². The monoisotopic (exact) mass is 655 g/mol. The normalized spacial score (nSPS) is 12.8. The number of hydrogen-bond acceptors (Lipinski definition) is 7. The van der Waals surface area contributed by atoms with Crippen LogP contribution in [0.15, 0.2) is 66.9 Å². The van der Waals surface area contributed by atoms with E-state index in [4.69, 9.17) is 4.74 Å². The van der Waals surface area contributed by atoms with Crippen molar-refractivity contribution in [1.29, 1.82) is 0 Å². The van der Waals surface area contributed by atoms with Crippen LogP contribution in [0.5, 0.6) is 11.6 Å². The van der Waals surface area contributed by atoms with Gasteiger partial charge in [-0.25, -0.2) is 0 Å². The van der Waals surface area contributed by atoms with E-state index in [0.29, 0.717) is 21.4 Å². The molecule has 0 aliphatic carbocycles. The molecule has 1 N–H and O–H groups in total. The first-order chi connectivity index (χ1) is 19.7. The fourth-order valence-electron chi connectivity index (χ4n) is 3.79. The van der Waals surface area contributed by atoms with Crippen LogP contribution in [0.1, 0.15) is 21.6 Å². The van der Waals surface area contributed by atoms with E-state index in [0.717, 1.165) is 18.3 Å². The maximum atomic E-state index is 14.0. The molecular formula is C26H18AsF6N4O5. The third kappa shape index (κ3) is 7.46. The van der Waals surface area contributed by atoms with Gasteiger partial charge in [0.1, 0.15) is 0 Å². The first-order valence-corrected chi connectivity index (χ1v) is 13.7. The molecule has 2 aromatic heterocycles. The third-order valence-corrected chi connectivity index (χ3v) is 8.18. The number of methoxy groups -OCH3 is 1. The minimum atomic E-state index is -5.02. The van der Waals surface area contributed by atoms with Crippen molar-refractivity contribution in [3.63, 3.8) is 0 Å². The molecule has 219 valence electrons. The minimum absolute atomic E-state index is 0.0477. The molecule has 1 atom stereocenters. The number of nitrogens with zero attached hydrogens (tertiary/aromatic N) is 4. The molecule has 2 aromatic carbocycles. The van der Waals surface area contributed by atoms with E-state index in [1.54, 1.807) is 24.3 Å². The van der Waals surface area contributed by atoms with Crippen molar-refractivity contribution in [3.05, 3.63) is 83.7 Å². The van der Waals surface area contributed by atoms with Gasteiger partial charge >= 0.3 is 227 Å². The summed E-state index contributed by atoms with van der Waals surface area (Å²) in [6.07, 6.45) is -9.26. The molecule has 0 saturated heterocycles. The topological polar surface area (TPSA) is 116 Å². The van der Waals surface area contributed by atoms with Gasteiger partial charge in [0.05, 0.1) is 0 Å². The zero-order valence-corrected chi connectivity index (χ0v) is 23.1. The van der Waals surface area contributed by atoms with Gasteiger partial charge in [-0.1, -0.05) is 0 Å². The van der Waals surface area contributed by atoms with Crippen LogP contribution < -0.4 is 9.47 Å². The Balaban J connectivity index is 1.51. The number of carbonyl (C=O) groups excluding carboxylic acids is 1. The fraction of sp³-hybridized carbons (Fsp3) is 0.192. The van der Waals surface area contributed by atoms with Gasteiger partial charge in [0.25, 0.3) is 0 Å². The molecule has 16 heteroatoms. The summed E-state index contributed by atoms with van der Waals surface area (Å²) in [6.45, 7) is 0. The molecule has 4 aromatic rings. The Morgan fingerprint density at radius 1 is 0.929 bits per heavy atom. The molecule has 0 amide bonds. The van der Waals surface area contributed by atoms with Crippen LogP contribution in [0.4, 0.5) is 26.3 Å². The van der Waals surface area contributed by atoms with Gasteiger partial charge in [0, 0.05) is 0 Å². The fourth-order valence-corrected chi connectivity index (χ4v) is 5.89. The van der Waals surface area contributed by atoms with Crippen molar-refractivity contribution in [3.8, 4) is 28.6 Å². The Hall–Kier alpha value is -4.39. The van der Waals surface area contributed by atoms with Gasteiger partial charge in [0.15, 0.2) is 0 Å². The number of carbonyl (C=O) groups is 2. The molecule has 0 saturated carbocycles. The Labute approximate surface area is 239 Å². The van der Waals surface area contributed by atoms with Gasteiger partial charge < -0.3 is 0 Å². The van der Waals surface area contributed by atoms with Crippen LogP contribution in [0.2, 0.25) is 4.71 Å². The summed E-state index contributed by atoms with van der Waals surface area (Å²) in [7, 11) is 1.30. The van der Waals surface area contributed by atoms with Crippen molar-refractivity contribution in [2.45, 2.75) is 23.7 Å². The van der Waals surface area contributed by atoms with Crippen molar-refractivity contribution in [1.82, 2.24) is 20.0 Å². The third-order valence-electron chi connectivity index (χ3n) is 5.68. The van der Waals surface area contributed by atoms with E-state index in [1.165, 1.54) is 31.4 Å². The summed E-state index contributed by atoms with van der Waals surface area (Å²) in [5.74, 6) is -2.02. The van der Waals surface area contributed by atoms with Gasteiger partial charge in [-0.05, 0) is 0 Å². The predicted octanol–water partition coefficient (Wildman–Crippen LogP) is 5.22. The SMILES string of the molecule is COc1ccc(-n2ncc(C(=O)[As][C@@H](Cc3ccc(-c4ccc(OC(F)(F)F)cc4)cc3)C(=O)O)c2C(F)(F)F)nn1.